The van der Waals surface area contributed by atoms with Gasteiger partial charge in [0, 0.05) is 0 Å². The van der Waals surface area contributed by atoms with Crippen LogP contribution < -0.4 is 0 Å². The molecule has 29 heavy (non-hydrogen) atoms. The van der Waals surface area contributed by atoms with Crippen LogP contribution in [0.15, 0.2) is 91.0 Å². The monoisotopic (exact) mass is 456 g/mol. The molecule has 0 aliphatic carbocycles. The van der Waals surface area contributed by atoms with Crippen molar-refractivity contribution in [2.24, 2.45) is 0 Å². The molecule has 0 aliphatic rings. The Bertz CT molecular complexity index is 612. The van der Waals surface area contributed by atoms with E-state index in [9.17, 15) is 0 Å². The maximum absolute atomic E-state index is 2.89. The summed E-state index contributed by atoms with van der Waals surface area (Å²) in [6.07, 6.45) is 0. The molecule has 0 bridgehead atoms. The minimum absolute atomic E-state index is 0. The van der Waals surface area contributed by atoms with Crippen molar-refractivity contribution in [1.29, 1.82) is 0 Å². The summed E-state index contributed by atoms with van der Waals surface area (Å²) < 4.78 is 0. The van der Waals surface area contributed by atoms with E-state index in [0.29, 0.717) is 0 Å². The van der Waals surface area contributed by atoms with Gasteiger partial charge in [-0.3, -0.25) is 0 Å². The van der Waals surface area contributed by atoms with Crippen molar-refractivity contribution in [2.75, 3.05) is 0 Å². The zero-order valence-electron chi connectivity index (χ0n) is 18.2. The van der Waals surface area contributed by atoms with E-state index in [-0.39, 0.29) is 26.2 Å². The first-order valence-corrected chi connectivity index (χ1v) is 9.48. The van der Waals surface area contributed by atoms with Crippen LogP contribution in [0.2, 0.25) is 0 Å². The maximum Gasteiger partial charge on any atom is 4.00 e. The molecular weight excluding hydrogens is 428 g/mol. The Morgan fingerprint density at radius 1 is 0.483 bits per heavy atom. The molecule has 0 heterocycles. The Balaban J connectivity index is 0.000000366. The predicted octanol–water partition coefficient (Wildman–Crippen LogP) is 7.41. The third-order valence-corrected chi connectivity index (χ3v) is 4.63. The summed E-state index contributed by atoms with van der Waals surface area (Å²) >= 11 is 0. The molecule has 0 atom stereocenters. The van der Waals surface area contributed by atoms with Crippen molar-refractivity contribution in [3.63, 3.8) is 0 Å². The van der Waals surface area contributed by atoms with Gasteiger partial charge in [-0.25, -0.2) is 0 Å². The minimum Gasteiger partial charge on any atom is -0.196 e. The van der Waals surface area contributed by atoms with Crippen LogP contribution in [-0.4, -0.2) is 0 Å². The van der Waals surface area contributed by atoms with Crippen molar-refractivity contribution in [3.05, 3.63) is 137 Å². The number of benzene rings is 3. The van der Waals surface area contributed by atoms with Crippen LogP contribution in [-0.2, 0) is 26.2 Å². The first-order valence-electron chi connectivity index (χ1n) is 9.48. The summed E-state index contributed by atoms with van der Waals surface area (Å²) in [5.41, 5.74) is 7.34. The summed E-state index contributed by atoms with van der Waals surface area (Å²) in [7, 11) is 0. The van der Waals surface area contributed by atoms with E-state index < -0.39 is 0 Å². The Labute approximate surface area is 197 Å². The molecule has 0 spiro atoms. The van der Waals surface area contributed by atoms with Crippen molar-refractivity contribution < 1.29 is 26.2 Å². The molecule has 146 valence electrons. The van der Waals surface area contributed by atoms with Gasteiger partial charge in [0.15, 0.2) is 0 Å². The first-order chi connectivity index (χ1) is 13.6. The summed E-state index contributed by atoms with van der Waals surface area (Å²) in [4.78, 5) is 0. The number of hydrogen-bond donors (Lipinski definition) is 0. The van der Waals surface area contributed by atoms with Gasteiger partial charge in [-0.2, -0.15) is 137 Å². The van der Waals surface area contributed by atoms with Crippen molar-refractivity contribution in [3.8, 4) is 0 Å². The quantitative estimate of drug-likeness (QED) is 0.241. The zero-order chi connectivity index (χ0) is 20.6. The molecule has 4 aromatic rings. The molecule has 0 unspecified atom stereocenters. The third-order valence-electron chi connectivity index (χ3n) is 4.63. The molecule has 0 radical (unpaired) electrons. The van der Waals surface area contributed by atoms with E-state index in [4.69, 9.17) is 0 Å². The van der Waals surface area contributed by atoms with Gasteiger partial charge in [-0.1, -0.05) is 34.6 Å². The fourth-order valence-electron chi connectivity index (χ4n) is 2.43. The van der Waals surface area contributed by atoms with Crippen LogP contribution in [0.4, 0.5) is 0 Å². The normalized spacial score (nSPS) is 8.59. The second-order valence-electron chi connectivity index (χ2n) is 6.36. The Morgan fingerprint density at radius 2 is 0.724 bits per heavy atom. The third kappa shape index (κ3) is 11.5. The average Bonchev–Trinajstić information content (AvgIpc) is 2.96. The summed E-state index contributed by atoms with van der Waals surface area (Å²) in [5.74, 6) is 0. The molecule has 0 aliphatic heterocycles. The van der Waals surface area contributed by atoms with E-state index in [1.54, 1.807) is 0 Å². The van der Waals surface area contributed by atoms with Gasteiger partial charge in [0.2, 0.25) is 0 Å². The van der Waals surface area contributed by atoms with Gasteiger partial charge in [0.05, 0.1) is 0 Å². The average molecular weight is 458 g/mol. The summed E-state index contributed by atoms with van der Waals surface area (Å²) in [5, 5.41) is 0. The molecule has 0 saturated carbocycles. The van der Waals surface area contributed by atoms with Crippen LogP contribution in [0.1, 0.15) is 27.8 Å². The van der Waals surface area contributed by atoms with E-state index in [1.807, 2.05) is 91.0 Å². The van der Waals surface area contributed by atoms with E-state index >= 15 is 0 Å². The van der Waals surface area contributed by atoms with Gasteiger partial charge in [-0.15, -0.1) is 0 Å². The van der Waals surface area contributed by atoms with Crippen LogP contribution >= 0.6 is 0 Å². The molecule has 0 saturated heterocycles. The van der Waals surface area contributed by atoms with Crippen LogP contribution in [0.25, 0.3) is 0 Å². The Kier molecular flexibility index (Phi) is 15.6. The molecule has 0 fully saturated rings. The number of hydrogen-bond acceptors (Lipinski definition) is 0. The summed E-state index contributed by atoms with van der Waals surface area (Å²) in [6, 6.07) is 37.5. The van der Waals surface area contributed by atoms with Gasteiger partial charge in [-0.05, 0) is 0 Å². The summed E-state index contributed by atoms with van der Waals surface area (Å²) in [6.45, 7) is 11.0. The second kappa shape index (κ2) is 16.8. The van der Waals surface area contributed by atoms with Gasteiger partial charge in [0.1, 0.15) is 0 Å². The van der Waals surface area contributed by atoms with E-state index in [0.717, 1.165) is 0 Å². The molecule has 4 aromatic carbocycles. The number of rotatable bonds is 0. The van der Waals surface area contributed by atoms with Gasteiger partial charge >= 0.3 is 26.2 Å². The zero-order valence-corrected chi connectivity index (χ0v) is 20.6. The molecule has 0 N–H and O–H groups in total. The van der Waals surface area contributed by atoms with Crippen LogP contribution in [0.3, 0.4) is 0 Å². The van der Waals surface area contributed by atoms with E-state index in [2.05, 4.69) is 52.8 Å². The fourth-order valence-corrected chi connectivity index (χ4v) is 2.43. The maximum atomic E-state index is 2.89. The topological polar surface area (TPSA) is 0 Å². The van der Waals surface area contributed by atoms with Gasteiger partial charge in [0.25, 0.3) is 0 Å². The minimum atomic E-state index is 0. The van der Waals surface area contributed by atoms with E-state index in [1.165, 1.54) is 27.8 Å². The standard InChI is InChI=1S/C10H15.3C6H5.Zr/c1-6-7(2)9(4)10(5)8(6)3;3*1-2-4-6-5-3-1;/h1-5H3;3*1-5H;/q4*-1;+4. The van der Waals surface area contributed by atoms with Gasteiger partial charge < -0.3 is 0 Å². The molecule has 0 nitrogen and oxygen atoms in total. The van der Waals surface area contributed by atoms with Crippen molar-refractivity contribution in [2.45, 2.75) is 34.6 Å². The van der Waals surface area contributed by atoms with Crippen molar-refractivity contribution in [1.82, 2.24) is 0 Å². The second-order valence-corrected chi connectivity index (χ2v) is 6.36. The van der Waals surface area contributed by atoms with Crippen LogP contribution in [0.5, 0.6) is 0 Å². The Morgan fingerprint density at radius 3 is 0.793 bits per heavy atom. The molecular formula is C28H30Zr. The molecule has 1 heteroatoms. The molecule has 0 aromatic heterocycles. The van der Waals surface area contributed by atoms with Crippen molar-refractivity contribution >= 4 is 0 Å². The predicted molar refractivity (Wildman–Crippen MR) is 122 cm³/mol. The SMILES string of the molecule is Cc1c(C)c(C)[c-](C)c1C.[Zr+4].[c-]1ccccc1.[c-]1ccccc1.[c-]1ccccc1. The molecule has 0 amide bonds. The van der Waals surface area contributed by atoms with Crippen LogP contribution in [0, 0.1) is 52.8 Å². The Hall–Kier alpha value is -2.11. The largest absolute Gasteiger partial charge is 4.00 e. The molecule has 4 rings (SSSR count). The first kappa shape index (κ1) is 26.9. The smallest absolute Gasteiger partial charge is 0.196 e. The fraction of sp³-hybridized carbons (Fsp3) is 0.179.